The molecule has 0 saturated heterocycles. The molecular weight excluding hydrogens is 264 g/mol. The van der Waals surface area contributed by atoms with E-state index in [1.54, 1.807) is 17.5 Å². The molecule has 0 bridgehead atoms. The molecule has 0 spiro atoms. The van der Waals surface area contributed by atoms with Crippen LogP contribution in [-0.2, 0) is 11.3 Å². The van der Waals surface area contributed by atoms with Gasteiger partial charge in [0, 0.05) is 12.4 Å². The Morgan fingerprint density at radius 2 is 2.21 bits per heavy atom. The van der Waals surface area contributed by atoms with Gasteiger partial charge in [-0.1, -0.05) is 19.0 Å². The number of hydrogen-bond acceptors (Lipinski definition) is 5. The van der Waals surface area contributed by atoms with E-state index in [4.69, 9.17) is 10.9 Å². The lowest BCUT2D eigenvalue weighted by Gasteiger charge is -2.32. The van der Waals surface area contributed by atoms with Gasteiger partial charge in [-0.15, -0.1) is 11.3 Å². The molecule has 3 N–H and O–H groups in total. The molecule has 0 fully saturated rings. The summed E-state index contributed by atoms with van der Waals surface area (Å²) in [6.45, 7) is 4.13. The number of oxime groups is 1. The molecule has 7 heteroatoms. The average Bonchev–Trinajstić information content (AvgIpc) is 2.92. The van der Waals surface area contributed by atoms with Crippen molar-refractivity contribution in [2.75, 3.05) is 7.05 Å². The Kier molecular flexibility index (Phi) is 5.29. The first kappa shape index (κ1) is 15.4. The van der Waals surface area contributed by atoms with Gasteiger partial charge in [0.1, 0.15) is 5.41 Å². The normalized spacial score (nSPS) is 12.5. The Morgan fingerprint density at radius 1 is 1.58 bits per heavy atom. The summed E-state index contributed by atoms with van der Waals surface area (Å²) >= 11 is 1.49. The molecule has 1 aromatic heterocycles. The number of thiazole rings is 1. The molecule has 1 aromatic rings. The number of rotatable bonds is 6. The maximum Gasteiger partial charge on any atom is 0.236 e. The van der Waals surface area contributed by atoms with Crippen LogP contribution in [0.3, 0.4) is 0 Å². The second-order valence-electron chi connectivity index (χ2n) is 4.42. The third-order valence-corrected chi connectivity index (χ3v) is 4.08. The van der Waals surface area contributed by atoms with E-state index >= 15 is 0 Å². The SMILES string of the molecule is CCC(CC)(C(=O)N(C)Cc1cscn1)C(N)=NO. The molecule has 6 nitrogen and oxygen atoms in total. The number of amidine groups is 1. The van der Waals surface area contributed by atoms with Crippen molar-refractivity contribution in [2.45, 2.75) is 33.2 Å². The lowest BCUT2D eigenvalue weighted by Crippen LogP contribution is -2.49. The van der Waals surface area contributed by atoms with Crippen molar-refractivity contribution in [2.24, 2.45) is 16.3 Å². The third kappa shape index (κ3) is 3.04. The zero-order chi connectivity index (χ0) is 14.5. The summed E-state index contributed by atoms with van der Waals surface area (Å²) in [5.74, 6) is -0.187. The zero-order valence-corrected chi connectivity index (χ0v) is 12.3. The van der Waals surface area contributed by atoms with Gasteiger partial charge >= 0.3 is 0 Å². The molecule has 1 amide bonds. The number of carbonyl (C=O) groups is 1. The average molecular weight is 284 g/mol. The Balaban J connectivity index is 2.94. The van der Waals surface area contributed by atoms with Crippen LogP contribution in [0.4, 0.5) is 0 Å². The molecule has 0 aromatic carbocycles. The van der Waals surface area contributed by atoms with Crippen molar-refractivity contribution >= 4 is 23.1 Å². The fourth-order valence-corrected chi connectivity index (χ4v) is 2.67. The van der Waals surface area contributed by atoms with Crippen molar-refractivity contribution < 1.29 is 10.0 Å². The van der Waals surface area contributed by atoms with Crippen LogP contribution < -0.4 is 5.73 Å². The fourth-order valence-electron chi connectivity index (χ4n) is 2.12. The molecular formula is C12H20N4O2S. The Bertz CT molecular complexity index is 441. The predicted molar refractivity (Wildman–Crippen MR) is 75.0 cm³/mol. The first-order valence-electron chi connectivity index (χ1n) is 6.12. The van der Waals surface area contributed by atoms with E-state index in [1.807, 2.05) is 19.2 Å². The predicted octanol–water partition coefficient (Wildman–Crippen LogP) is 1.65. The van der Waals surface area contributed by atoms with E-state index in [2.05, 4.69) is 10.1 Å². The van der Waals surface area contributed by atoms with Crippen molar-refractivity contribution in [1.82, 2.24) is 9.88 Å². The van der Waals surface area contributed by atoms with E-state index < -0.39 is 5.41 Å². The van der Waals surface area contributed by atoms with Crippen molar-refractivity contribution in [3.8, 4) is 0 Å². The smallest absolute Gasteiger partial charge is 0.236 e. The Morgan fingerprint density at radius 3 is 2.63 bits per heavy atom. The van der Waals surface area contributed by atoms with Crippen LogP contribution in [0.15, 0.2) is 16.0 Å². The van der Waals surface area contributed by atoms with E-state index in [0.29, 0.717) is 19.4 Å². The van der Waals surface area contributed by atoms with Crippen LogP contribution in [0.5, 0.6) is 0 Å². The van der Waals surface area contributed by atoms with Crippen LogP contribution >= 0.6 is 11.3 Å². The zero-order valence-electron chi connectivity index (χ0n) is 11.5. The summed E-state index contributed by atoms with van der Waals surface area (Å²) in [5.41, 5.74) is 7.34. The molecule has 0 atom stereocenters. The summed E-state index contributed by atoms with van der Waals surface area (Å²) in [4.78, 5) is 18.3. The minimum atomic E-state index is -0.945. The van der Waals surface area contributed by atoms with E-state index in [-0.39, 0.29) is 11.7 Å². The summed E-state index contributed by atoms with van der Waals surface area (Å²) in [7, 11) is 1.70. The molecule has 0 aliphatic carbocycles. The lowest BCUT2D eigenvalue weighted by molar-refractivity contribution is -0.138. The van der Waals surface area contributed by atoms with Crippen molar-refractivity contribution in [3.05, 3.63) is 16.6 Å². The summed E-state index contributed by atoms with van der Waals surface area (Å²) < 4.78 is 0. The number of hydrogen-bond donors (Lipinski definition) is 2. The molecule has 0 aliphatic heterocycles. The highest BCUT2D eigenvalue weighted by Crippen LogP contribution is 2.29. The van der Waals surface area contributed by atoms with Gasteiger partial charge in [0.15, 0.2) is 5.84 Å². The Hall–Kier alpha value is -1.63. The van der Waals surface area contributed by atoms with Gasteiger partial charge in [-0.25, -0.2) is 4.98 Å². The van der Waals surface area contributed by atoms with Crippen LogP contribution in [-0.4, -0.2) is 33.9 Å². The second-order valence-corrected chi connectivity index (χ2v) is 5.13. The van der Waals surface area contributed by atoms with Crippen LogP contribution in [0.25, 0.3) is 0 Å². The number of nitrogens with zero attached hydrogens (tertiary/aromatic N) is 3. The maximum atomic E-state index is 12.6. The molecule has 106 valence electrons. The maximum absolute atomic E-state index is 12.6. The summed E-state index contributed by atoms with van der Waals surface area (Å²) in [6, 6.07) is 0. The number of amides is 1. The monoisotopic (exact) mass is 284 g/mol. The number of nitrogens with two attached hydrogens (primary N) is 1. The molecule has 0 radical (unpaired) electrons. The highest BCUT2D eigenvalue weighted by Gasteiger charge is 2.41. The van der Waals surface area contributed by atoms with Crippen molar-refractivity contribution in [1.29, 1.82) is 0 Å². The lowest BCUT2D eigenvalue weighted by atomic mass is 9.79. The van der Waals surface area contributed by atoms with Gasteiger partial charge in [-0.05, 0) is 12.8 Å². The number of carbonyl (C=O) groups excluding carboxylic acids is 1. The van der Waals surface area contributed by atoms with Crippen LogP contribution in [0.2, 0.25) is 0 Å². The highest BCUT2D eigenvalue weighted by atomic mass is 32.1. The highest BCUT2D eigenvalue weighted by molar-refractivity contribution is 7.07. The van der Waals surface area contributed by atoms with Gasteiger partial charge in [0.2, 0.25) is 5.91 Å². The van der Waals surface area contributed by atoms with Crippen molar-refractivity contribution in [3.63, 3.8) is 0 Å². The van der Waals surface area contributed by atoms with Crippen LogP contribution in [0, 0.1) is 5.41 Å². The van der Waals surface area contributed by atoms with Crippen LogP contribution in [0.1, 0.15) is 32.4 Å². The first-order chi connectivity index (χ1) is 9.01. The molecule has 19 heavy (non-hydrogen) atoms. The van der Waals surface area contributed by atoms with Gasteiger partial charge < -0.3 is 15.8 Å². The summed E-state index contributed by atoms with van der Waals surface area (Å²) in [6.07, 6.45) is 0.971. The fraction of sp³-hybridized carbons (Fsp3) is 0.583. The van der Waals surface area contributed by atoms with E-state index in [9.17, 15) is 4.79 Å². The minimum Gasteiger partial charge on any atom is -0.409 e. The van der Waals surface area contributed by atoms with E-state index in [1.165, 1.54) is 11.3 Å². The standard InChI is InChI=1S/C12H20N4O2S/c1-4-12(5-2,10(13)15-18)11(17)16(3)6-9-7-19-8-14-9/h7-8,18H,4-6H2,1-3H3,(H2,13,15). The molecule has 1 rings (SSSR count). The Labute approximate surface area is 116 Å². The van der Waals surface area contributed by atoms with Gasteiger partial charge in [-0.2, -0.15) is 0 Å². The second kappa shape index (κ2) is 6.51. The molecule has 0 aliphatic rings. The quantitative estimate of drug-likeness (QED) is 0.359. The van der Waals surface area contributed by atoms with E-state index in [0.717, 1.165) is 5.69 Å². The topological polar surface area (TPSA) is 91.8 Å². The number of aromatic nitrogens is 1. The molecule has 1 heterocycles. The van der Waals surface area contributed by atoms with Gasteiger partial charge in [-0.3, -0.25) is 4.79 Å². The largest absolute Gasteiger partial charge is 0.409 e. The third-order valence-electron chi connectivity index (χ3n) is 3.44. The summed E-state index contributed by atoms with van der Waals surface area (Å²) in [5, 5.41) is 13.8. The minimum absolute atomic E-state index is 0.0346. The van der Waals surface area contributed by atoms with Gasteiger partial charge in [0.05, 0.1) is 17.7 Å². The molecule has 0 unspecified atom stereocenters. The van der Waals surface area contributed by atoms with Gasteiger partial charge in [0.25, 0.3) is 0 Å². The first-order valence-corrected chi connectivity index (χ1v) is 7.06. The molecule has 0 saturated carbocycles.